The van der Waals surface area contributed by atoms with Gasteiger partial charge in [-0.2, -0.15) is 0 Å². The third-order valence-electron chi connectivity index (χ3n) is 1.59. The highest BCUT2D eigenvalue weighted by Crippen LogP contribution is 2.12. The van der Waals surface area contributed by atoms with Crippen LogP contribution in [0, 0.1) is 0 Å². The molecule has 2 unspecified atom stereocenters. The first-order chi connectivity index (χ1) is 4.79. The summed E-state index contributed by atoms with van der Waals surface area (Å²) in [6, 6.07) is 0.157. The first kappa shape index (κ1) is 7.76. The van der Waals surface area contributed by atoms with Gasteiger partial charge in [0.2, 0.25) is 0 Å². The summed E-state index contributed by atoms with van der Waals surface area (Å²) in [6.45, 7) is 2.87. The Bertz CT molecular complexity index is 114. The second-order valence-corrected chi connectivity index (χ2v) is 2.80. The van der Waals surface area contributed by atoms with Gasteiger partial charge in [-0.1, -0.05) is 12.2 Å². The molecule has 1 heterocycles. The molecule has 2 N–H and O–H groups in total. The summed E-state index contributed by atoms with van der Waals surface area (Å²) >= 11 is 0. The highest BCUT2D eigenvalue weighted by Gasteiger charge is 2.10. The molecule has 2 heteroatoms. The van der Waals surface area contributed by atoms with E-state index in [2.05, 4.69) is 6.08 Å². The summed E-state index contributed by atoms with van der Waals surface area (Å²) in [5, 5.41) is 0. The molecule has 0 bridgehead atoms. The van der Waals surface area contributed by atoms with Gasteiger partial charge in [0, 0.05) is 12.6 Å². The van der Waals surface area contributed by atoms with Crippen molar-refractivity contribution in [2.24, 2.45) is 5.73 Å². The Hall–Kier alpha value is -0.340. The van der Waals surface area contributed by atoms with E-state index in [0.717, 1.165) is 13.0 Å². The number of ether oxygens (including phenoxy) is 1. The van der Waals surface area contributed by atoms with Crippen molar-refractivity contribution in [3.05, 3.63) is 12.2 Å². The molecule has 1 fully saturated rings. The number of nitrogens with two attached hydrogens (primary N) is 1. The van der Waals surface area contributed by atoms with E-state index in [1.807, 2.05) is 13.0 Å². The minimum Gasteiger partial charge on any atom is -0.374 e. The standard InChI is InChI=1S/C8H15NO/c1-7(9)4-5-8-3-2-6-10-8/h4-5,7-8H,2-3,6,9H2,1H3/b5-4+. The van der Waals surface area contributed by atoms with Crippen LogP contribution in [0.25, 0.3) is 0 Å². The topological polar surface area (TPSA) is 35.2 Å². The first-order valence-electron chi connectivity index (χ1n) is 3.84. The van der Waals surface area contributed by atoms with E-state index in [9.17, 15) is 0 Å². The molecule has 1 aliphatic heterocycles. The van der Waals surface area contributed by atoms with Crippen molar-refractivity contribution < 1.29 is 4.74 Å². The monoisotopic (exact) mass is 141 g/mol. The van der Waals surface area contributed by atoms with Crippen molar-refractivity contribution in [3.63, 3.8) is 0 Å². The van der Waals surface area contributed by atoms with E-state index in [0.29, 0.717) is 6.10 Å². The molecule has 1 saturated heterocycles. The van der Waals surface area contributed by atoms with E-state index in [1.165, 1.54) is 6.42 Å². The third kappa shape index (κ3) is 2.50. The predicted molar refractivity (Wildman–Crippen MR) is 41.8 cm³/mol. The Morgan fingerprint density at radius 1 is 1.70 bits per heavy atom. The van der Waals surface area contributed by atoms with Gasteiger partial charge in [-0.3, -0.25) is 0 Å². The third-order valence-corrected chi connectivity index (χ3v) is 1.59. The van der Waals surface area contributed by atoms with E-state index in [4.69, 9.17) is 10.5 Å². The van der Waals surface area contributed by atoms with Crippen molar-refractivity contribution >= 4 is 0 Å². The van der Waals surface area contributed by atoms with Gasteiger partial charge in [-0.05, 0) is 19.8 Å². The fourth-order valence-electron chi connectivity index (χ4n) is 1.05. The Kier molecular flexibility index (Phi) is 2.90. The van der Waals surface area contributed by atoms with E-state index < -0.39 is 0 Å². The fraction of sp³-hybridized carbons (Fsp3) is 0.750. The van der Waals surface area contributed by atoms with Gasteiger partial charge in [-0.15, -0.1) is 0 Å². The highest BCUT2D eigenvalue weighted by molar-refractivity contribution is 4.95. The Morgan fingerprint density at radius 3 is 3.00 bits per heavy atom. The summed E-state index contributed by atoms with van der Waals surface area (Å²) in [5.74, 6) is 0. The lowest BCUT2D eigenvalue weighted by molar-refractivity contribution is 0.145. The van der Waals surface area contributed by atoms with Gasteiger partial charge in [0.05, 0.1) is 6.10 Å². The number of hydrogen-bond donors (Lipinski definition) is 1. The van der Waals surface area contributed by atoms with Crippen LogP contribution < -0.4 is 5.73 Å². The van der Waals surface area contributed by atoms with E-state index >= 15 is 0 Å². The summed E-state index contributed by atoms with van der Waals surface area (Å²) in [4.78, 5) is 0. The zero-order valence-electron chi connectivity index (χ0n) is 6.42. The minimum atomic E-state index is 0.157. The van der Waals surface area contributed by atoms with Crippen LogP contribution in [0.4, 0.5) is 0 Å². The van der Waals surface area contributed by atoms with Crippen molar-refractivity contribution in [2.45, 2.75) is 31.9 Å². The smallest absolute Gasteiger partial charge is 0.0757 e. The van der Waals surface area contributed by atoms with Gasteiger partial charge in [0.25, 0.3) is 0 Å². The van der Waals surface area contributed by atoms with Crippen LogP contribution in [0.5, 0.6) is 0 Å². The lowest BCUT2D eigenvalue weighted by Crippen LogP contribution is -2.12. The van der Waals surface area contributed by atoms with Gasteiger partial charge in [-0.25, -0.2) is 0 Å². The van der Waals surface area contributed by atoms with E-state index in [1.54, 1.807) is 0 Å². The maximum atomic E-state index is 5.53. The molecule has 0 aromatic rings. The van der Waals surface area contributed by atoms with Crippen LogP contribution in [0.2, 0.25) is 0 Å². The molecular weight excluding hydrogens is 126 g/mol. The van der Waals surface area contributed by atoms with Crippen LogP contribution in [-0.2, 0) is 4.74 Å². The molecule has 0 aliphatic carbocycles. The molecule has 0 spiro atoms. The van der Waals surface area contributed by atoms with Crippen molar-refractivity contribution in [1.82, 2.24) is 0 Å². The molecule has 0 aromatic carbocycles. The lowest BCUT2D eigenvalue weighted by atomic mass is 10.2. The number of rotatable bonds is 2. The van der Waals surface area contributed by atoms with Gasteiger partial charge >= 0.3 is 0 Å². The molecule has 0 saturated carbocycles. The van der Waals surface area contributed by atoms with Gasteiger partial charge in [0.15, 0.2) is 0 Å². The van der Waals surface area contributed by atoms with Gasteiger partial charge < -0.3 is 10.5 Å². The fourth-order valence-corrected chi connectivity index (χ4v) is 1.05. The molecular formula is C8H15NO. The van der Waals surface area contributed by atoms with E-state index in [-0.39, 0.29) is 6.04 Å². The molecule has 2 nitrogen and oxygen atoms in total. The van der Waals surface area contributed by atoms with Crippen LogP contribution >= 0.6 is 0 Å². The largest absolute Gasteiger partial charge is 0.374 e. The summed E-state index contributed by atoms with van der Waals surface area (Å²) in [6.07, 6.45) is 6.75. The average molecular weight is 141 g/mol. The molecule has 1 rings (SSSR count). The molecule has 0 aromatic heterocycles. The average Bonchev–Trinajstić information content (AvgIpc) is 2.34. The lowest BCUT2D eigenvalue weighted by Gasteiger charge is -2.02. The Morgan fingerprint density at radius 2 is 2.50 bits per heavy atom. The number of hydrogen-bond acceptors (Lipinski definition) is 2. The second kappa shape index (κ2) is 3.74. The Labute approximate surface area is 62.1 Å². The Balaban J connectivity index is 2.23. The van der Waals surface area contributed by atoms with Gasteiger partial charge in [0.1, 0.15) is 0 Å². The highest BCUT2D eigenvalue weighted by atomic mass is 16.5. The molecule has 58 valence electrons. The van der Waals surface area contributed by atoms with Crippen LogP contribution in [0.15, 0.2) is 12.2 Å². The molecule has 1 aliphatic rings. The molecule has 0 radical (unpaired) electrons. The van der Waals surface area contributed by atoms with Crippen molar-refractivity contribution in [2.75, 3.05) is 6.61 Å². The quantitative estimate of drug-likeness (QED) is 0.584. The molecule has 2 atom stereocenters. The van der Waals surface area contributed by atoms with Crippen molar-refractivity contribution in [1.29, 1.82) is 0 Å². The minimum absolute atomic E-state index is 0.157. The maximum Gasteiger partial charge on any atom is 0.0757 e. The summed E-state index contributed by atoms with van der Waals surface area (Å²) in [7, 11) is 0. The van der Waals surface area contributed by atoms with Crippen LogP contribution in [-0.4, -0.2) is 18.8 Å². The summed E-state index contributed by atoms with van der Waals surface area (Å²) in [5.41, 5.74) is 5.53. The van der Waals surface area contributed by atoms with Crippen molar-refractivity contribution in [3.8, 4) is 0 Å². The van der Waals surface area contributed by atoms with Crippen LogP contribution in [0.3, 0.4) is 0 Å². The molecule has 0 amide bonds. The summed E-state index contributed by atoms with van der Waals surface area (Å²) < 4.78 is 5.36. The molecule has 10 heavy (non-hydrogen) atoms. The first-order valence-corrected chi connectivity index (χ1v) is 3.84. The zero-order chi connectivity index (χ0) is 7.40. The maximum absolute atomic E-state index is 5.53. The predicted octanol–water partition coefficient (Wildman–Crippen LogP) is 1.07. The second-order valence-electron chi connectivity index (χ2n) is 2.80. The normalized spacial score (nSPS) is 29.6. The van der Waals surface area contributed by atoms with Crippen LogP contribution in [0.1, 0.15) is 19.8 Å². The zero-order valence-corrected chi connectivity index (χ0v) is 6.42. The SMILES string of the molecule is CC(N)/C=C/C1CCCO1.